The van der Waals surface area contributed by atoms with E-state index >= 15 is 0 Å². The van der Waals surface area contributed by atoms with Crippen LogP contribution in [-0.4, -0.2) is 38.9 Å². The van der Waals surface area contributed by atoms with Gasteiger partial charge in [0.1, 0.15) is 0 Å². The fourth-order valence-corrected chi connectivity index (χ4v) is 3.71. The normalized spacial score (nSPS) is 17.1. The fraction of sp³-hybridized carbons (Fsp3) is 0.400. The van der Waals surface area contributed by atoms with Gasteiger partial charge in [-0.2, -0.15) is 0 Å². The van der Waals surface area contributed by atoms with Gasteiger partial charge in [0.2, 0.25) is 12.5 Å². The van der Waals surface area contributed by atoms with E-state index in [1.54, 1.807) is 7.11 Å². The predicted octanol–water partition coefficient (Wildman–Crippen LogP) is 3.51. The maximum atomic E-state index is 5.75. The molecule has 0 aliphatic carbocycles. The van der Waals surface area contributed by atoms with Crippen LogP contribution in [0.25, 0.3) is 11.1 Å². The lowest BCUT2D eigenvalue weighted by Gasteiger charge is -2.23. The van der Waals surface area contributed by atoms with Gasteiger partial charge in [-0.1, -0.05) is 24.3 Å². The van der Waals surface area contributed by atoms with Crippen LogP contribution < -0.4 is 14.2 Å². The summed E-state index contributed by atoms with van der Waals surface area (Å²) in [7, 11) is 3.91. The molecule has 2 aliphatic rings. The Balaban J connectivity index is 1.94. The average molecular weight is 325 g/mol. The molecule has 0 unspecified atom stereocenters. The van der Waals surface area contributed by atoms with E-state index < -0.39 is 0 Å². The maximum absolute atomic E-state index is 5.75. The highest BCUT2D eigenvalue weighted by molar-refractivity contribution is 5.78. The van der Waals surface area contributed by atoms with Gasteiger partial charge in [0.25, 0.3) is 0 Å². The largest absolute Gasteiger partial charge is 0.492 e. The van der Waals surface area contributed by atoms with E-state index in [1.807, 2.05) is 0 Å². The highest BCUT2D eigenvalue weighted by Crippen LogP contribution is 2.48. The SMILES string of the molecule is COc1c2c(cc3c1OCO3)-c1ccccc1CCN(C)CCC2. The molecule has 2 aromatic carbocycles. The molecule has 0 fully saturated rings. The summed E-state index contributed by atoms with van der Waals surface area (Å²) >= 11 is 0. The number of methoxy groups -OCH3 is 1. The lowest BCUT2D eigenvalue weighted by molar-refractivity contribution is 0.171. The maximum Gasteiger partial charge on any atom is 0.231 e. The summed E-state index contributed by atoms with van der Waals surface area (Å²) in [5, 5.41) is 0. The molecule has 126 valence electrons. The third-order valence-electron chi connectivity index (χ3n) is 4.96. The summed E-state index contributed by atoms with van der Waals surface area (Å²) in [5.41, 5.74) is 5.09. The molecule has 2 heterocycles. The Kier molecular flexibility index (Phi) is 4.07. The predicted molar refractivity (Wildman–Crippen MR) is 94.1 cm³/mol. The van der Waals surface area contributed by atoms with E-state index in [1.165, 1.54) is 22.3 Å². The van der Waals surface area contributed by atoms with E-state index in [0.29, 0.717) is 0 Å². The summed E-state index contributed by atoms with van der Waals surface area (Å²) in [5.74, 6) is 2.37. The van der Waals surface area contributed by atoms with Gasteiger partial charge in [-0.3, -0.25) is 0 Å². The van der Waals surface area contributed by atoms with Crippen molar-refractivity contribution in [3.05, 3.63) is 41.5 Å². The van der Waals surface area contributed by atoms with Crippen LogP contribution in [0.5, 0.6) is 17.2 Å². The molecule has 0 amide bonds. The molecular formula is C20H23NO3. The Labute approximate surface area is 142 Å². The van der Waals surface area contributed by atoms with Crippen molar-refractivity contribution >= 4 is 0 Å². The summed E-state index contributed by atoms with van der Waals surface area (Å²) in [4.78, 5) is 2.40. The first kappa shape index (κ1) is 15.3. The van der Waals surface area contributed by atoms with Crippen molar-refractivity contribution in [2.75, 3.05) is 34.0 Å². The first-order valence-electron chi connectivity index (χ1n) is 8.54. The van der Waals surface area contributed by atoms with Gasteiger partial charge in [-0.15, -0.1) is 0 Å². The monoisotopic (exact) mass is 325 g/mol. The highest BCUT2D eigenvalue weighted by atomic mass is 16.7. The number of rotatable bonds is 1. The van der Waals surface area contributed by atoms with E-state index in [4.69, 9.17) is 14.2 Å². The first-order valence-corrected chi connectivity index (χ1v) is 8.54. The van der Waals surface area contributed by atoms with Crippen LogP contribution in [0.3, 0.4) is 0 Å². The second-order valence-electron chi connectivity index (χ2n) is 6.48. The first-order chi connectivity index (χ1) is 11.8. The van der Waals surface area contributed by atoms with Gasteiger partial charge in [0.15, 0.2) is 11.5 Å². The van der Waals surface area contributed by atoms with Crippen LogP contribution in [-0.2, 0) is 12.8 Å². The van der Waals surface area contributed by atoms with E-state index in [0.717, 1.165) is 49.6 Å². The Bertz CT molecular complexity index is 757. The van der Waals surface area contributed by atoms with Crippen molar-refractivity contribution < 1.29 is 14.2 Å². The second kappa shape index (κ2) is 6.36. The van der Waals surface area contributed by atoms with Crippen molar-refractivity contribution in [3.8, 4) is 28.4 Å². The third kappa shape index (κ3) is 2.61. The fourth-order valence-electron chi connectivity index (χ4n) is 3.71. The minimum Gasteiger partial charge on any atom is -0.492 e. The van der Waals surface area contributed by atoms with E-state index in [2.05, 4.69) is 42.3 Å². The van der Waals surface area contributed by atoms with Crippen molar-refractivity contribution in [1.29, 1.82) is 0 Å². The standard InChI is InChI=1S/C20H23NO3/c1-21-10-5-8-16-17(15-7-4-3-6-14(15)9-11-21)12-18-20(19(16)22-2)24-13-23-18/h3-4,6-7,12H,5,8-11,13H2,1-2H3. The van der Waals surface area contributed by atoms with Crippen molar-refractivity contribution in [1.82, 2.24) is 4.90 Å². The van der Waals surface area contributed by atoms with Crippen LogP contribution >= 0.6 is 0 Å². The number of ether oxygens (including phenoxy) is 3. The van der Waals surface area contributed by atoms with Gasteiger partial charge in [-0.05, 0) is 55.6 Å². The number of fused-ring (bicyclic) bond motifs is 4. The highest BCUT2D eigenvalue weighted by Gasteiger charge is 2.26. The van der Waals surface area contributed by atoms with Gasteiger partial charge in [-0.25, -0.2) is 0 Å². The van der Waals surface area contributed by atoms with Crippen LogP contribution in [0.4, 0.5) is 0 Å². The van der Waals surface area contributed by atoms with Gasteiger partial charge >= 0.3 is 0 Å². The Morgan fingerprint density at radius 1 is 1.04 bits per heavy atom. The number of hydrogen-bond donors (Lipinski definition) is 0. The second-order valence-corrected chi connectivity index (χ2v) is 6.48. The molecule has 4 heteroatoms. The smallest absolute Gasteiger partial charge is 0.231 e. The third-order valence-corrected chi connectivity index (χ3v) is 4.96. The lowest BCUT2D eigenvalue weighted by Crippen LogP contribution is -2.23. The van der Waals surface area contributed by atoms with Gasteiger partial charge < -0.3 is 19.1 Å². The molecule has 4 rings (SSSR count). The number of likely N-dealkylation sites (N-methyl/N-ethyl adjacent to an activating group) is 1. The molecule has 0 N–H and O–H groups in total. The minimum atomic E-state index is 0.263. The molecule has 0 bridgehead atoms. The Morgan fingerprint density at radius 2 is 1.92 bits per heavy atom. The van der Waals surface area contributed by atoms with Crippen molar-refractivity contribution in [2.45, 2.75) is 19.3 Å². The molecule has 0 atom stereocenters. The molecule has 0 saturated carbocycles. The summed E-state index contributed by atoms with van der Waals surface area (Å²) < 4.78 is 17.1. The minimum absolute atomic E-state index is 0.263. The van der Waals surface area contributed by atoms with Crippen molar-refractivity contribution in [2.24, 2.45) is 0 Å². The van der Waals surface area contributed by atoms with Gasteiger partial charge in [0, 0.05) is 12.1 Å². The lowest BCUT2D eigenvalue weighted by atomic mass is 9.90. The van der Waals surface area contributed by atoms with E-state index in [-0.39, 0.29) is 6.79 Å². The molecule has 0 saturated heterocycles. The quantitative estimate of drug-likeness (QED) is 0.803. The molecule has 0 aromatic heterocycles. The summed E-state index contributed by atoms with van der Waals surface area (Å²) in [6.07, 6.45) is 3.11. The number of hydrogen-bond acceptors (Lipinski definition) is 4. The summed E-state index contributed by atoms with van der Waals surface area (Å²) in [6, 6.07) is 10.8. The van der Waals surface area contributed by atoms with Crippen LogP contribution in [0, 0.1) is 0 Å². The zero-order valence-corrected chi connectivity index (χ0v) is 14.3. The molecular weight excluding hydrogens is 302 g/mol. The number of benzene rings is 2. The molecule has 0 spiro atoms. The molecule has 2 aromatic rings. The molecule has 0 radical (unpaired) electrons. The molecule has 24 heavy (non-hydrogen) atoms. The Hall–Kier alpha value is -2.20. The summed E-state index contributed by atoms with van der Waals surface area (Å²) in [6.45, 7) is 2.42. The van der Waals surface area contributed by atoms with Crippen LogP contribution in [0.2, 0.25) is 0 Å². The van der Waals surface area contributed by atoms with E-state index in [9.17, 15) is 0 Å². The van der Waals surface area contributed by atoms with Crippen molar-refractivity contribution in [3.63, 3.8) is 0 Å². The zero-order valence-electron chi connectivity index (χ0n) is 14.3. The van der Waals surface area contributed by atoms with Gasteiger partial charge in [0.05, 0.1) is 7.11 Å². The Morgan fingerprint density at radius 3 is 2.79 bits per heavy atom. The zero-order chi connectivity index (χ0) is 16.5. The average Bonchev–Trinajstić information content (AvgIpc) is 3.07. The molecule has 2 aliphatic heterocycles. The van der Waals surface area contributed by atoms with Crippen LogP contribution in [0.1, 0.15) is 17.5 Å². The molecule has 4 nitrogen and oxygen atoms in total. The number of nitrogens with zero attached hydrogens (tertiary/aromatic N) is 1. The topological polar surface area (TPSA) is 30.9 Å². The van der Waals surface area contributed by atoms with Crippen LogP contribution in [0.15, 0.2) is 30.3 Å².